The minimum Gasteiger partial charge on any atom is -0.480 e. The highest BCUT2D eigenvalue weighted by molar-refractivity contribution is 5.78. The molecule has 5 nitrogen and oxygen atoms in total. The molecule has 0 bridgehead atoms. The highest BCUT2D eigenvalue weighted by atomic mass is 16.4. The third-order valence-corrected chi connectivity index (χ3v) is 2.16. The van der Waals surface area contributed by atoms with Gasteiger partial charge in [0, 0.05) is 6.54 Å². The van der Waals surface area contributed by atoms with Gasteiger partial charge in [0.25, 0.3) is 0 Å². The number of nitrogens with two attached hydrogens (primary N) is 1. The summed E-state index contributed by atoms with van der Waals surface area (Å²) in [7, 11) is 0. The molecule has 0 aliphatic rings. The number of nitrogens with one attached hydrogen (secondary N) is 2. The second kappa shape index (κ2) is 6.27. The van der Waals surface area contributed by atoms with E-state index in [1.165, 1.54) is 6.92 Å². The second-order valence-corrected chi connectivity index (χ2v) is 4.29. The third kappa shape index (κ3) is 6.19. The molecule has 0 aliphatic heterocycles. The Bertz CT molecular complexity index is 296. The van der Waals surface area contributed by atoms with Crippen LogP contribution in [0.1, 0.15) is 33.6 Å². The van der Waals surface area contributed by atoms with Gasteiger partial charge in [-0.1, -0.05) is 11.6 Å². The van der Waals surface area contributed by atoms with Crippen LogP contribution in [0.25, 0.3) is 0 Å². The molecule has 0 rings (SSSR count). The van der Waals surface area contributed by atoms with Gasteiger partial charge in [-0.2, -0.15) is 0 Å². The first-order chi connectivity index (χ1) is 7.25. The summed E-state index contributed by atoms with van der Waals surface area (Å²) in [6, 6.07) is 0. The van der Waals surface area contributed by atoms with Gasteiger partial charge in [0.05, 0.1) is 5.84 Å². The van der Waals surface area contributed by atoms with Crippen LogP contribution in [0.2, 0.25) is 0 Å². The van der Waals surface area contributed by atoms with E-state index in [0.717, 1.165) is 12.0 Å². The first-order valence-corrected chi connectivity index (χ1v) is 5.22. The predicted octanol–water partition coefficient (Wildman–Crippen LogP) is 1.10. The van der Waals surface area contributed by atoms with Gasteiger partial charge >= 0.3 is 5.97 Å². The van der Waals surface area contributed by atoms with Crippen LogP contribution in [-0.2, 0) is 4.79 Å². The van der Waals surface area contributed by atoms with Crippen molar-refractivity contribution in [2.75, 3.05) is 6.54 Å². The zero-order valence-electron chi connectivity index (χ0n) is 10.1. The maximum absolute atomic E-state index is 10.8. The number of amidine groups is 1. The van der Waals surface area contributed by atoms with Gasteiger partial charge in [-0.05, 0) is 33.6 Å². The molecule has 92 valence electrons. The standard InChI is InChI=1S/C11H21N3O2/c1-8(5-4-6-14-9(2)12)7-11(3,13)10(15)16/h5H,4,6-7,13H2,1-3H3,(H2,12,14)(H,15,16)/b8-5-/t11-/m0/s1. The van der Waals surface area contributed by atoms with E-state index in [2.05, 4.69) is 5.32 Å². The van der Waals surface area contributed by atoms with Gasteiger partial charge in [0.15, 0.2) is 0 Å². The van der Waals surface area contributed by atoms with E-state index in [-0.39, 0.29) is 0 Å². The molecule has 0 heterocycles. The molecule has 5 N–H and O–H groups in total. The molecule has 0 aromatic heterocycles. The van der Waals surface area contributed by atoms with Crippen LogP contribution in [0.4, 0.5) is 0 Å². The van der Waals surface area contributed by atoms with Crippen molar-refractivity contribution >= 4 is 11.8 Å². The molecule has 0 radical (unpaired) electrons. The first kappa shape index (κ1) is 14.6. The molecular weight excluding hydrogens is 206 g/mol. The van der Waals surface area contributed by atoms with Crippen molar-refractivity contribution in [3.05, 3.63) is 11.6 Å². The second-order valence-electron chi connectivity index (χ2n) is 4.29. The van der Waals surface area contributed by atoms with E-state index in [4.69, 9.17) is 16.2 Å². The summed E-state index contributed by atoms with van der Waals surface area (Å²) in [4.78, 5) is 10.8. The fraction of sp³-hybridized carbons (Fsp3) is 0.636. The molecule has 0 saturated heterocycles. The van der Waals surface area contributed by atoms with Crippen molar-refractivity contribution in [3.8, 4) is 0 Å². The van der Waals surface area contributed by atoms with Crippen molar-refractivity contribution < 1.29 is 9.90 Å². The fourth-order valence-electron chi connectivity index (χ4n) is 1.31. The SMILES string of the molecule is CC(=N)NCC/C=C(/C)C[C@](C)(N)C(=O)O. The summed E-state index contributed by atoms with van der Waals surface area (Å²) in [5.74, 6) is -0.561. The van der Waals surface area contributed by atoms with E-state index in [9.17, 15) is 4.79 Å². The van der Waals surface area contributed by atoms with Crippen molar-refractivity contribution in [3.63, 3.8) is 0 Å². The van der Waals surface area contributed by atoms with Crippen LogP contribution in [0.15, 0.2) is 11.6 Å². The van der Waals surface area contributed by atoms with E-state index < -0.39 is 11.5 Å². The highest BCUT2D eigenvalue weighted by Crippen LogP contribution is 2.13. The maximum atomic E-state index is 10.8. The van der Waals surface area contributed by atoms with Gasteiger partial charge in [-0.25, -0.2) is 0 Å². The van der Waals surface area contributed by atoms with Crippen LogP contribution in [-0.4, -0.2) is 29.0 Å². The molecular formula is C11H21N3O2. The van der Waals surface area contributed by atoms with Gasteiger partial charge < -0.3 is 16.2 Å². The lowest BCUT2D eigenvalue weighted by atomic mass is 9.94. The zero-order chi connectivity index (χ0) is 12.8. The van der Waals surface area contributed by atoms with Crippen molar-refractivity contribution in [2.45, 2.75) is 39.2 Å². The Kier molecular flexibility index (Phi) is 5.74. The van der Waals surface area contributed by atoms with Gasteiger partial charge in [0.1, 0.15) is 5.54 Å². The Morgan fingerprint density at radius 3 is 2.56 bits per heavy atom. The number of carbonyl (C=O) groups is 1. The van der Waals surface area contributed by atoms with Crippen LogP contribution in [0.5, 0.6) is 0 Å². The summed E-state index contributed by atoms with van der Waals surface area (Å²) < 4.78 is 0. The van der Waals surface area contributed by atoms with Gasteiger partial charge in [0.2, 0.25) is 0 Å². The average molecular weight is 227 g/mol. The largest absolute Gasteiger partial charge is 0.480 e. The molecule has 16 heavy (non-hydrogen) atoms. The fourth-order valence-corrected chi connectivity index (χ4v) is 1.31. The van der Waals surface area contributed by atoms with Gasteiger partial charge in [-0.15, -0.1) is 0 Å². The Morgan fingerprint density at radius 2 is 2.12 bits per heavy atom. The molecule has 0 fully saturated rings. The molecule has 1 atom stereocenters. The van der Waals surface area contributed by atoms with E-state index in [1.807, 2.05) is 13.0 Å². The minimum absolute atomic E-state index is 0.339. The molecule has 0 aliphatic carbocycles. The number of hydrogen-bond donors (Lipinski definition) is 4. The molecule has 0 unspecified atom stereocenters. The number of hydrogen-bond acceptors (Lipinski definition) is 3. The summed E-state index contributed by atoms with van der Waals surface area (Å²) in [5.41, 5.74) is 5.38. The quantitative estimate of drug-likeness (QED) is 0.236. The summed E-state index contributed by atoms with van der Waals surface area (Å²) in [5, 5.41) is 18.9. The monoisotopic (exact) mass is 227 g/mol. The lowest BCUT2D eigenvalue weighted by Crippen LogP contribution is -2.44. The molecule has 0 spiro atoms. The molecule has 0 saturated carbocycles. The summed E-state index contributed by atoms with van der Waals surface area (Å²) in [6.45, 7) is 5.73. The van der Waals surface area contributed by atoms with Crippen LogP contribution >= 0.6 is 0 Å². The normalized spacial score (nSPS) is 15.4. The molecule has 0 aromatic rings. The van der Waals surface area contributed by atoms with Crippen LogP contribution in [0, 0.1) is 5.41 Å². The third-order valence-electron chi connectivity index (χ3n) is 2.16. The van der Waals surface area contributed by atoms with E-state index in [0.29, 0.717) is 18.8 Å². The lowest BCUT2D eigenvalue weighted by molar-refractivity contribution is -0.142. The number of rotatable bonds is 6. The smallest absolute Gasteiger partial charge is 0.323 e. The van der Waals surface area contributed by atoms with Gasteiger partial charge in [-0.3, -0.25) is 10.2 Å². The molecule has 0 aromatic carbocycles. The maximum Gasteiger partial charge on any atom is 0.323 e. The Labute approximate surface area is 96.2 Å². The number of carboxylic acid groups (broad SMARTS) is 1. The predicted molar refractivity (Wildman–Crippen MR) is 64.6 cm³/mol. The lowest BCUT2D eigenvalue weighted by Gasteiger charge is -2.19. The average Bonchev–Trinajstić information content (AvgIpc) is 2.11. The Balaban J connectivity index is 4.05. The van der Waals surface area contributed by atoms with E-state index >= 15 is 0 Å². The van der Waals surface area contributed by atoms with E-state index in [1.54, 1.807) is 6.92 Å². The molecule has 5 heteroatoms. The minimum atomic E-state index is -1.20. The van der Waals surface area contributed by atoms with Crippen molar-refractivity contribution in [2.24, 2.45) is 5.73 Å². The topological polar surface area (TPSA) is 99.2 Å². The van der Waals surface area contributed by atoms with Crippen molar-refractivity contribution in [1.82, 2.24) is 5.32 Å². The Hall–Kier alpha value is -1.36. The summed E-state index contributed by atoms with van der Waals surface area (Å²) >= 11 is 0. The zero-order valence-corrected chi connectivity index (χ0v) is 10.1. The van der Waals surface area contributed by atoms with Crippen LogP contribution < -0.4 is 11.1 Å². The first-order valence-electron chi connectivity index (χ1n) is 5.22. The summed E-state index contributed by atoms with van der Waals surface area (Å²) in [6.07, 6.45) is 3.05. The molecule has 0 amide bonds. The highest BCUT2D eigenvalue weighted by Gasteiger charge is 2.27. The Morgan fingerprint density at radius 1 is 1.56 bits per heavy atom. The van der Waals surface area contributed by atoms with Crippen LogP contribution in [0.3, 0.4) is 0 Å². The number of carboxylic acids is 1. The van der Waals surface area contributed by atoms with Crippen molar-refractivity contribution in [1.29, 1.82) is 5.41 Å². The number of aliphatic carboxylic acids is 1.